The largest absolute Gasteiger partial charge is 0.355 e. The van der Waals surface area contributed by atoms with Crippen molar-refractivity contribution < 1.29 is 9.18 Å². The van der Waals surface area contributed by atoms with Gasteiger partial charge in [0.2, 0.25) is 5.91 Å². The highest BCUT2D eigenvalue weighted by molar-refractivity contribution is 7.99. The number of nitrogens with zero attached hydrogens (tertiary/aromatic N) is 2. The standard InChI is InChI=1S/C20H20FN3O2S/c1-13-3-8-17-16(11-13)19(26)24(2)20(23-17)27-12-18(25)22-10-9-14-4-6-15(21)7-5-14/h3-8,11H,9-10,12H2,1-2H3,(H,22,25). The van der Waals surface area contributed by atoms with Crippen LogP contribution in [0.15, 0.2) is 52.4 Å². The van der Waals surface area contributed by atoms with E-state index < -0.39 is 0 Å². The van der Waals surface area contributed by atoms with E-state index in [1.807, 2.05) is 25.1 Å². The van der Waals surface area contributed by atoms with Crippen molar-refractivity contribution in [1.82, 2.24) is 14.9 Å². The first-order chi connectivity index (χ1) is 12.9. The van der Waals surface area contributed by atoms with Gasteiger partial charge in [-0.15, -0.1) is 0 Å². The Morgan fingerprint density at radius 1 is 1.22 bits per heavy atom. The van der Waals surface area contributed by atoms with Crippen molar-refractivity contribution in [3.05, 3.63) is 69.8 Å². The summed E-state index contributed by atoms with van der Waals surface area (Å²) in [6.07, 6.45) is 0.628. The molecule has 0 bridgehead atoms. The number of carbonyl (C=O) groups is 1. The summed E-state index contributed by atoms with van der Waals surface area (Å²) in [6.45, 7) is 2.40. The van der Waals surface area contributed by atoms with Gasteiger partial charge in [-0.05, 0) is 43.2 Å². The van der Waals surface area contributed by atoms with Gasteiger partial charge in [-0.2, -0.15) is 0 Å². The molecule has 0 saturated heterocycles. The summed E-state index contributed by atoms with van der Waals surface area (Å²) in [7, 11) is 1.66. The van der Waals surface area contributed by atoms with Crippen molar-refractivity contribution in [3.63, 3.8) is 0 Å². The number of benzene rings is 2. The zero-order chi connectivity index (χ0) is 19.4. The number of halogens is 1. The number of hydrogen-bond donors (Lipinski definition) is 1. The number of thioether (sulfide) groups is 1. The molecule has 0 aliphatic carbocycles. The second-order valence-electron chi connectivity index (χ2n) is 6.29. The zero-order valence-corrected chi connectivity index (χ0v) is 16.0. The van der Waals surface area contributed by atoms with Gasteiger partial charge < -0.3 is 5.32 Å². The Morgan fingerprint density at radius 2 is 1.96 bits per heavy atom. The van der Waals surface area contributed by atoms with E-state index in [0.29, 0.717) is 29.0 Å². The molecule has 0 unspecified atom stereocenters. The molecule has 0 atom stereocenters. The molecule has 0 radical (unpaired) electrons. The molecule has 1 aromatic heterocycles. The van der Waals surface area contributed by atoms with Crippen molar-refractivity contribution in [1.29, 1.82) is 0 Å². The van der Waals surface area contributed by atoms with Crippen LogP contribution in [0, 0.1) is 12.7 Å². The molecule has 7 heteroatoms. The number of carbonyl (C=O) groups excluding carboxylic acids is 1. The molecule has 0 spiro atoms. The summed E-state index contributed by atoms with van der Waals surface area (Å²) in [5.74, 6) is -0.246. The van der Waals surface area contributed by atoms with Crippen LogP contribution in [0.2, 0.25) is 0 Å². The fraction of sp³-hybridized carbons (Fsp3) is 0.250. The average molecular weight is 385 g/mol. The summed E-state index contributed by atoms with van der Waals surface area (Å²) in [4.78, 5) is 29.0. The minimum Gasteiger partial charge on any atom is -0.355 e. The molecule has 0 fully saturated rings. The minimum atomic E-state index is -0.275. The summed E-state index contributed by atoms with van der Waals surface area (Å²) in [5, 5.41) is 3.91. The van der Waals surface area contributed by atoms with Gasteiger partial charge >= 0.3 is 0 Å². The predicted octanol–water partition coefficient (Wildman–Crippen LogP) is 2.83. The molecule has 3 rings (SSSR count). The second-order valence-corrected chi connectivity index (χ2v) is 7.24. The van der Waals surface area contributed by atoms with Crippen LogP contribution in [-0.2, 0) is 18.3 Å². The fourth-order valence-electron chi connectivity index (χ4n) is 2.67. The van der Waals surface area contributed by atoms with Gasteiger partial charge in [0.05, 0.1) is 16.7 Å². The number of rotatable bonds is 6. The highest BCUT2D eigenvalue weighted by Crippen LogP contribution is 2.17. The minimum absolute atomic E-state index is 0.122. The lowest BCUT2D eigenvalue weighted by Gasteiger charge is -2.09. The van der Waals surface area contributed by atoms with E-state index in [9.17, 15) is 14.0 Å². The maximum Gasteiger partial charge on any atom is 0.261 e. The van der Waals surface area contributed by atoms with Gasteiger partial charge in [-0.25, -0.2) is 9.37 Å². The lowest BCUT2D eigenvalue weighted by Crippen LogP contribution is -2.28. The quantitative estimate of drug-likeness (QED) is 0.524. The predicted molar refractivity (Wildman–Crippen MR) is 106 cm³/mol. The first-order valence-corrected chi connectivity index (χ1v) is 9.54. The maximum absolute atomic E-state index is 12.9. The van der Waals surface area contributed by atoms with E-state index in [2.05, 4.69) is 10.3 Å². The third kappa shape index (κ3) is 4.74. The Labute approximate surface area is 160 Å². The van der Waals surface area contributed by atoms with Crippen LogP contribution in [0.1, 0.15) is 11.1 Å². The number of hydrogen-bond acceptors (Lipinski definition) is 4. The normalized spacial score (nSPS) is 10.9. The van der Waals surface area contributed by atoms with Crippen LogP contribution in [0.5, 0.6) is 0 Å². The van der Waals surface area contributed by atoms with Crippen molar-refractivity contribution in [3.8, 4) is 0 Å². The van der Waals surface area contributed by atoms with Crippen molar-refractivity contribution in [2.24, 2.45) is 7.05 Å². The maximum atomic E-state index is 12.9. The molecule has 140 valence electrons. The van der Waals surface area contributed by atoms with E-state index in [0.717, 1.165) is 11.1 Å². The Morgan fingerprint density at radius 3 is 2.70 bits per heavy atom. The Bertz CT molecular complexity index is 1030. The van der Waals surface area contributed by atoms with Crippen LogP contribution in [0.4, 0.5) is 4.39 Å². The van der Waals surface area contributed by atoms with Gasteiger partial charge in [0.25, 0.3) is 5.56 Å². The summed E-state index contributed by atoms with van der Waals surface area (Å²) in [6, 6.07) is 11.8. The fourth-order valence-corrected chi connectivity index (χ4v) is 3.47. The van der Waals surface area contributed by atoms with Crippen molar-refractivity contribution in [2.75, 3.05) is 12.3 Å². The van der Waals surface area contributed by atoms with Gasteiger partial charge in [-0.3, -0.25) is 14.2 Å². The molecule has 2 aromatic carbocycles. The van der Waals surface area contributed by atoms with Gasteiger partial charge in [0, 0.05) is 13.6 Å². The van der Waals surface area contributed by atoms with Crippen molar-refractivity contribution in [2.45, 2.75) is 18.5 Å². The SMILES string of the molecule is Cc1ccc2nc(SCC(=O)NCCc3ccc(F)cc3)n(C)c(=O)c2c1. The molecule has 1 N–H and O–H groups in total. The molecule has 0 aliphatic heterocycles. The van der Waals surface area contributed by atoms with Crippen LogP contribution in [-0.4, -0.2) is 27.8 Å². The Hall–Kier alpha value is -2.67. The molecule has 0 aliphatic rings. The van der Waals surface area contributed by atoms with Crippen LogP contribution >= 0.6 is 11.8 Å². The number of fused-ring (bicyclic) bond motifs is 1. The molecule has 3 aromatic rings. The van der Waals surface area contributed by atoms with Crippen molar-refractivity contribution >= 4 is 28.6 Å². The first kappa shape index (κ1) is 19.1. The second kappa shape index (κ2) is 8.35. The van der Waals surface area contributed by atoms with Gasteiger partial charge in [0.15, 0.2) is 5.16 Å². The van der Waals surface area contributed by atoms with Crippen LogP contribution in [0.25, 0.3) is 10.9 Å². The van der Waals surface area contributed by atoms with Gasteiger partial charge in [0.1, 0.15) is 5.82 Å². The summed E-state index contributed by atoms with van der Waals surface area (Å²) in [5.41, 5.74) is 2.46. The first-order valence-electron chi connectivity index (χ1n) is 8.55. The third-order valence-electron chi connectivity index (χ3n) is 4.17. The van der Waals surface area contributed by atoms with E-state index >= 15 is 0 Å². The Balaban J connectivity index is 1.58. The summed E-state index contributed by atoms with van der Waals surface area (Å²) >= 11 is 1.23. The van der Waals surface area contributed by atoms with Crippen LogP contribution in [0.3, 0.4) is 0 Å². The Kier molecular flexibility index (Phi) is 5.91. The smallest absolute Gasteiger partial charge is 0.261 e. The monoisotopic (exact) mass is 385 g/mol. The molecular formula is C20H20FN3O2S. The third-order valence-corrected chi connectivity index (χ3v) is 5.20. The molecule has 27 heavy (non-hydrogen) atoms. The summed E-state index contributed by atoms with van der Waals surface area (Å²) < 4.78 is 14.3. The molecular weight excluding hydrogens is 365 g/mol. The lowest BCUT2D eigenvalue weighted by molar-refractivity contribution is -0.118. The number of amides is 1. The highest BCUT2D eigenvalue weighted by atomic mass is 32.2. The molecule has 0 saturated carbocycles. The lowest BCUT2D eigenvalue weighted by atomic mass is 10.1. The zero-order valence-electron chi connectivity index (χ0n) is 15.2. The topological polar surface area (TPSA) is 64.0 Å². The number of nitrogens with one attached hydrogen (secondary N) is 1. The van der Waals surface area contributed by atoms with Crippen LogP contribution < -0.4 is 10.9 Å². The van der Waals surface area contributed by atoms with E-state index in [1.165, 1.54) is 28.5 Å². The van der Waals surface area contributed by atoms with E-state index in [1.54, 1.807) is 19.2 Å². The highest BCUT2D eigenvalue weighted by Gasteiger charge is 2.11. The molecule has 1 amide bonds. The number of aryl methyl sites for hydroxylation is 1. The van der Waals surface area contributed by atoms with E-state index in [-0.39, 0.29) is 23.0 Å². The molecule has 5 nitrogen and oxygen atoms in total. The average Bonchev–Trinajstić information content (AvgIpc) is 2.65. The molecule has 1 heterocycles. The van der Waals surface area contributed by atoms with E-state index in [4.69, 9.17) is 0 Å². The number of aromatic nitrogens is 2. The van der Waals surface area contributed by atoms with Gasteiger partial charge in [-0.1, -0.05) is 35.5 Å².